The molecule has 0 unspecified atom stereocenters. The number of nitrogens with zero attached hydrogens (tertiary/aromatic N) is 3. The van der Waals surface area contributed by atoms with Crippen LogP contribution in [-0.4, -0.2) is 39.1 Å². The molecule has 0 aliphatic heterocycles. The molecule has 1 aromatic carbocycles. The highest BCUT2D eigenvalue weighted by Crippen LogP contribution is 2.18. The Morgan fingerprint density at radius 3 is 2.90 bits per heavy atom. The van der Waals surface area contributed by atoms with Crippen LogP contribution >= 0.6 is 0 Å². The molecule has 0 saturated carbocycles. The highest BCUT2D eigenvalue weighted by Gasteiger charge is 2.15. The molecule has 2 aromatic rings. The Bertz CT molecular complexity index is 639. The molecule has 0 saturated heterocycles. The Kier molecular flexibility index (Phi) is 4.90. The van der Waals surface area contributed by atoms with Gasteiger partial charge in [0.2, 0.25) is 0 Å². The van der Waals surface area contributed by atoms with E-state index in [-0.39, 0.29) is 12.4 Å². The maximum atomic E-state index is 13.3. The number of benzene rings is 1. The van der Waals surface area contributed by atoms with Crippen LogP contribution in [0.2, 0.25) is 0 Å². The molecule has 1 N–H and O–H groups in total. The fourth-order valence-electron chi connectivity index (χ4n) is 2.33. The second kappa shape index (κ2) is 6.67. The van der Waals surface area contributed by atoms with Crippen molar-refractivity contribution in [3.63, 3.8) is 0 Å². The maximum Gasteiger partial charge on any atom is 0.323 e. The summed E-state index contributed by atoms with van der Waals surface area (Å²) >= 11 is 0. The fourth-order valence-corrected chi connectivity index (χ4v) is 2.33. The van der Waals surface area contributed by atoms with Gasteiger partial charge in [0, 0.05) is 6.07 Å². The van der Waals surface area contributed by atoms with Crippen LogP contribution in [0.25, 0.3) is 11.0 Å². The molecule has 1 aromatic heterocycles. The molecule has 0 spiro atoms. The first-order valence-corrected chi connectivity index (χ1v) is 7.06. The summed E-state index contributed by atoms with van der Waals surface area (Å²) in [5.41, 5.74) is 1.15. The van der Waals surface area contributed by atoms with Crippen LogP contribution in [0.4, 0.5) is 4.39 Å². The van der Waals surface area contributed by atoms with Gasteiger partial charge in [0.15, 0.2) is 0 Å². The number of rotatable bonds is 7. The summed E-state index contributed by atoms with van der Waals surface area (Å²) in [7, 11) is 1.97. The molecule has 1 heterocycles. The van der Waals surface area contributed by atoms with Crippen LogP contribution in [0.5, 0.6) is 0 Å². The maximum absolute atomic E-state index is 13.3. The number of hydrogen-bond donors (Lipinski definition) is 1. The number of carboxylic acids is 1. The molecule has 0 atom stereocenters. The highest BCUT2D eigenvalue weighted by molar-refractivity contribution is 5.78. The Morgan fingerprint density at radius 2 is 2.24 bits per heavy atom. The van der Waals surface area contributed by atoms with Crippen LogP contribution in [-0.2, 0) is 17.9 Å². The van der Waals surface area contributed by atoms with E-state index in [2.05, 4.69) is 16.8 Å². The van der Waals surface area contributed by atoms with Crippen molar-refractivity contribution < 1.29 is 14.3 Å². The molecular formula is C15H20FN3O2. The van der Waals surface area contributed by atoms with E-state index in [9.17, 15) is 9.18 Å². The SMILES string of the molecule is CCCCN(C)Cc1nc2cc(F)ccc2n1CC(=O)O. The van der Waals surface area contributed by atoms with E-state index < -0.39 is 5.97 Å². The standard InChI is InChI=1S/C15H20FN3O2/c1-3-4-7-18(2)9-14-17-12-8-11(16)5-6-13(12)19(14)10-15(20)21/h5-6,8H,3-4,7,9-10H2,1-2H3,(H,20,21). The number of fused-ring (bicyclic) bond motifs is 1. The second-order valence-electron chi connectivity index (χ2n) is 5.23. The van der Waals surface area contributed by atoms with E-state index in [0.717, 1.165) is 19.4 Å². The first-order valence-electron chi connectivity index (χ1n) is 7.06. The number of imidazole rings is 1. The van der Waals surface area contributed by atoms with Crippen LogP contribution < -0.4 is 0 Å². The van der Waals surface area contributed by atoms with Gasteiger partial charge in [-0.2, -0.15) is 0 Å². The van der Waals surface area contributed by atoms with Gasteiger partial charge < -0.3 is 9.67 Å². The van der Waals surface area contributed by atoms with Crippen molar-refractivity contribution >= 4 is 17.0 Å². The number of halogens is 1. The van der Waals surface area contributed by atoms with E-state index in [0.29, 0.717) is 23.4 Å². The van der Waals surface area contributed by atoms with Crippen LogP contribution in [0.1, 0.15) is 25.6 Å². The minimum Gasteiger partial charge on any atom is -0.480 e. The van der Waals surface area contributed by atoms with Crippen molar-refractivity contribution in [2.24, 2.45) is 0 Å². The largest absolute Gasteiger partial charge is 0.480 e. The predicted octanol–water partition coefficient (Wildman–Crippen LogP) is 2.49. The van der Waals surface area contributed by atoms with Crippen LogP contribution in [0, 0.1) is 5.82 Å². The molecule has 2 rings (SSSR count). The Morgan fingerprint density at radius 1 is 1.48 bits per heavy atom. The molecule has 6 heteroatoms. The molecule has 114 valence electrons. The summed E-state index contributed by atoms with van der Waals surface area (Å²) in [6.45, 7) is 3.42. The third-order valence-electron chi connectivity index (χ3n) is 3.39. The number of carbonyl (C=O) groups is 1. The van der Waals surface area contributed by atoms with E-state index in [1.807, 2.05) is 7.05 Å². The number of carboxylic acid groups (broad SMARTS) is 1. The lowest BCUT2D eigenvalue weighted by atomic mass is 10.3. The molecule has 0 radical (unpaired) electrons. The fraction of sp³-hybridized carbons (Fsp3) is 0.467. The predicted molar refractivity (Wildman–Crippen MR) is 78.6 cm³/mol. The Labute approximate surface area is 123 Å². The Hall–Kier alpha value is -1.95. The van der Waals surface area contributed by atoms with Gasteiger partial charge in [-0.05, 0) is 32.1 Å². The van der Waals surface area contributed by atoms with Gasteiger partial charge in [0.05, 0.1) is 17.6 Å². The van der Waals surface area contributed by atoms with Crippen LogP contribution in [0.15, 0.2) is 18.2 Å². The van der Waals surface area contributed by atoms with Gasteiger partial charge >= 0.3 is 5.97 Å². The van der Waals surface area contributed by atoms with Crippen molar-refractivity contribution in [3.05, 3.63) is 29.8 Å². The van der Waals surface area contributed by atoms with Crippen LogP contribution in [0.3, 0.4) is 0 Å². The minimum atomic E-state index is -0.934. The molecule has 21 heavy (non-hydrogen) atoms. The van der Waals surface area contributed by atoms with Crippen molar-refractivity contribution in [1.82, 2.24) is 14.5 Å². The molecule has 5 nitrogen and oxygen atoms in total. The lowest BCUT2D eigenvalue weighted by Crippen LogP contribution is -2.22. The molecule has 0 fully saturated rings. The average molecular weight is 293 g/mol. The lowest BCUT2D eigenvalue weighted by molar-refractivity contribution is -0.137. The monoisotopic (exact) mass is 293 g/mol. The van der Waals surface area contributed by atoms with E-state index >= 15 is 0 Å². The average Bonchev–Trinajstić information content (AvgIpc) is 2.72. The Balaban J connectivity index is 2.33. The topological polar surface area (TPSA) is 58.4 Å². The molecular weight excluding hydrogens is 273 g/mol. The quantitative estimate of drug-likeness (QED) is 0.852. The van der Waals surface area contributed by atoms with Crippen molar-refractivity contribution in [2.45, 2.75) is 32.9 Å². The zero-order valence-corrected chi connectivity index (χ0v) is 12.3. The zero-order chi connectivity index (χ0) is 15.4. The normalized spacial score (nSPS) is 11.4. The number of aliphatic carboxylic acids is 1. The smallest absolute Gasteiger partial charge is 0.323 e. The van der Waals surface area contributed by atoms with Gasteiger partial charge in [-0.15, -0.1) is 0 Å². The summed E-state index contributed by atoms with van der Waals surface area (Å²) in [6.07, 6.45) is 2.17. The second-order valence-corrected chi connectivity index (χ2v) is 5.23. The summed E-state index contributed by atoms with van der Waals surface area (Å²) in [5.74, 6) is -0.652. The van der Waals surface area contributed by atoms with Crippen molar-refractivity contribution in [2.75, 3.05) is 13.6 Å². The summed E-state index contributed by atoms with van der Waals surface area (Å²) < 4.78 is 14.9. The van der Waals surface area contributed by atoms with Gasteiger partial charge in [-0.25, -0.2) is 9.37 Å². The molecule has 0 amide bonds. The number of unbranched alkanes of at least 4 members (excludes halogenated alkanes) is 1. The van der Waals surface area contributed by atoms with E-state index in [1.54, 1.807) is 10.6 Å². The van der Waals surface area contributed by atoms with Gasteiger partial charge in [0.1, 0.15) is 18.2 Å². The van der Waals surface area contributed by atoms with E-state index in [1.165, 1.54) is 12.1 Å². The first-order chi connectivity index (χ1) is 10.0. The van der Waals surface area contributed by atoms with Gasteiger partial charge in [-0.3, -0.25) is 9.69 Å². The number of hydrogen-bond acceptors (Lipinski definition) is 3. The molecule has 0 bridgehead atoms. The van der Waals surface area contributed by atoms with E-state index in [4.69, 9.17) is 5.11 Å². The van der Waals surface area contributed by atoms with Gasteiger partial charge in [0.25, 0.3) is 0 Å². The molecule has 0 aliphatic carbocycles. The summed E-state index contributed by atoms with van der Waals surface area (Å²) in [5, 5.41) is 9.06. The van der Waals surface area contributed by atoms with Crippen molar-refractivity contribution in [1.29, 1.82) is 0 Å². The molecule has 0 aliphatic rings. The third-order valence-corrected chi connectivity index (χ3v) is 3.39. The lowest BCUT2D eigenvalue weighted by Gasteiger charge is -2.16. The number of aromatic nitrogens is 2. The van der Waals surface area contributed by atoms with Crippen molar-refractivity contribution in [3.8, 4) is 0 Å². The minimum absolute atomic E-state index is 0.168. The van der Waals surface area contributed by atoms with Gasteiger partial charge in [-0.1, -0.05) is 13.3 Å². The summed E-state index contributed by atoms with van der Waals surface area (Å²) in [4.78, 5) is 17.5. The summed E-state index contributed by atoms with van der Waals surface area (Å²) in [6, 6.07) is 4.24. The first kappa shape index (κ1) is 15.4. The third kappa shape index (κ3) is 3.78. The highest BCUT2D eigenvalue weighted by atomic mass is 19.1. The zero-order valence-electron chi connectivity index (χ0n) is 12.3.